The molecule has 24 heavy (non-hydrogen) atoms. The summed E-state index contributed by atoms with van der Waals surface area (Å²) >= 11 is 5.67. The number of carbonyl (C=O) groups excluding carboxylic acids is 1. The largest absolute Gasteiger partial charge is 0.490 e. The lowest BCUT2D eigenvalue weighted by Gasteiger charge is -2.11. The van der Waals surface area contributed by atoms with E-state index in [9.17, 15) is 9.18 Å². The van der Waals surface area contributed by atoms with E-state index in [1.807, 2.05) is 31.2 Å². The number of rotatable bonds is 8. The van der Waals surface area contributed by atoms with Crippen LogP contribution in [-0.4, -0.2) is 19.1 Å². The van der Waals surface area contributed by atoms with Crippen LogP contribution >= 0.6 is 11.6 Å². The molecule has 0 unspecified atom stereocenters. The standard InChI is InChI=1S/C18H19ClFNO3/c1-2-23-16-6-3-4-7-17(16)24-11-5-8-18(22)21-15-10-9-13(19)12-14(15)20/h3-4,6-7,9-10,12H,2,5,8,11H2,1H3,(H,21,22). The number of hydrogen-bond acceptors (Lipinski definition) is 3. The third-order valence-electron chi connectivity index (χ3n) is 3.16. The molecule has 2 rings (SSSR count). The molecule has 1 amide bonds. The molecule has 0 saturated heterocycles. The maximum absolute atomic E-state index is 13.6. The Hall–Kier alpha value is -2.27. The van der Waals surface area contributed by atoms with Crippen LogP contribution in [0.5, 0.6) is 11.5 Å². The van der Waals surface area contributed by atoms with Gasteiger partial charge in [-0.25, -0.2) is 4.39 Å². The summed E-state index contributed by atoms with van der Waals surface area (Å²) < 4.78 is 24.7. The van der Waals surface area contributed by atoms with Crippen molar-refractivity contribution in [3.05, 3.63) is 53.3 Å². The number of hydrogen-bond donors (Lipinski definition) is 1. The van der Waals surface area contributed by atoms with Crippen molar-refractivity contribution in [3.8, 4) is 11.5 Å². The topological polar surface area (TPSA) is 47.6 Å². The number of nitrogens with one attached hydrogen (secondary N) is 1. The summed E-state index contributed by atoms with van der Waals surface area (Å²) in [5.41, 5.74) is 0.118. The molecule has 0 aliphatic carbocycles. The van der Waals surface area contributed by atoms with Gasteiger partial charge in [0, 0.05) is 11.4 Å². The molecule has 128 valence electrons. The second kappa shape index (κ2) is 9.13. The van der Waals surface area contributed by atoms with E-state index in [1.165, 1.54) is 12.1 Å². The number of anilines is 1. The Morgan fingerprint density at radius 1 is 1.17 bits per heavy atom. The Bertz CT molecular complexity index is 694. The predicted octanol–water partition coefficient (Wildman–Crippen LogP) is 4.68. The van der Waals surface area contributed by atoms with Gasteiger partial charge in [0.15, 0.2) is 11.5 Å². The van der Waals surface area contributed by atoms with Crippen molar-refractivity contribution in [2.24, 2.45) is 0 Å². The van der Waals surface area contributed by atoms with Crippen LogP contribution in [0.2, 0.25) is 5.02 Å². The van der Waals surface area contributed by atoms with Gasteiger partial charge in [-0.05, 0) is 43.7 Å². The molecule has 0 atom stereocenters. The highest BCUT2D eigenvalue weighted by Gasteiger charge is 2.08. The first-order chi connectivity index (χ1) is 11.6. The zero-order chi connectivity index (χ0) is 17.4. The number of carbonyl (C=O) groups is 1. The summed E-state index contributed by atoms with van der Waals surface area (Å²) in [7, 11) is 0. The van der Waals surface area contributed by atoms with Crippen LogP contribution in [0.1, 0.15) is 19.8 Å². The molecule has 0 fully saturated rings. The van der Waals surface area contributed by atoms with E-state index in [1.54, 1.807) is 0 Å². The van der Waals surface area contributed by atoms with Crippen molar-refractivity contribution in [2.45, 2.75) is 19.8 Å². The summed E-state index contributed by atoms with van der Waals surface area (Å²) in [5, 5.41) is 2.80. The summed E-state index contributed by atoms with van der Waals surface area (Å²) in [4.78, 5) is 11.8. The third kappa shape index (κ3) is 5.42. The Balaban J connectivity index is 1.77. The maximum atomic E-state index is 13.6. The van der Waals surface area contributed by atoms with Crippen LogP contribution in [-0.2, 0) is 4.79 Å². The molecule has 1 N–H and O–H groups in total. The van der Waals surface area contributed by atoms with Gasteiger partial charge in [0.1, 0.15) is 5.82 Å². The van der Waals surface area contributed by atoms with Crippen molar-refractivity contribution in [3.63, 3.8) is 0 Å². The van der Waals surface area contributed by atoms with Crippen LogP contribution in [0.4, 0.5) is 10.1 Å². The van der Waals surface area contributed by atoms with Gasteiger partial charge >= 0.3 is 0 Å². The molecule has 6 heteroatoms. The van der Waals surface area contributed by atoms with Gasteiger partial charge in [-0.3, -0.25) is 4.79 Å². The van der Waals surface area contributed by atoms with E-state index in [-0.39, 0.29) is 23.0 Å². The van der Waals surface area contributed by atoms with Gasteiger partial charge in [0.25, 0.3) is 0 Å². The van der Waals surface area contributed by atoms with Crippen LogP contribution in [0.15, 0.2) is 42.5 Å². The molecule has 0 bridgehead atoms. The fourth-order valence-corrected chi connectivity index (χ4v) is 2.22. The quantitative estimate of drug-likeness (QED) is 0.703. The number of benzene rings is 2. The molecule has 0 aliphatic heterocycles. The molecule has 0 radical (unpaired) electrons. The minimum Gasteiger partial charge on any atom is -0.490 e. The molecule has 0 aliphatic rings. The minimum absolute atomic E-state index is 0.118. The fraction of sp³-hybridized carbons (Fsp3) is 0.278. The van der Waals surface area contributed by atoms with Crippen LogP contribution in [0.3, 0.4) is 0 Å². The molecule has 0 saturated carbocycles. The van der Waals surface area contributed by atoms with E-state index in [0.29, 0.717) is 31.1 Å². The first-order valence-electron chi connectivity index (χ1n) is 7.69. The zero-order valence-electron chi connectivity index (χ0n) is 13.4. The highest BCUT2D eigenvalue weighted by atomic mass is 35.5. The smallest absolute Gasteiger partial charge is 0.224 e. The normalized spacial score (nSPS) is 10.3. The van der Waals surface area contributed by atoms with Crippen molar-refractivity contribution < 1.29 is 18.7 Å². The maximum Gasteiger partial charge on any atom is 0.224 e. The number of halogens is 2. The summed E-state index contributed by atoms with van der Waals surface area (Å²) in [6.45, 7) is 2.81. The van der Waals surface area contributed by atoms with Crippen LogP contribution in [0, 0.1) is 5.82 Å². The lowest BCUT2D eigenvalue weighted by Crippen LogP contribution is -2.13. The third-order valence-corrected chi connectivity index (χ3v) is 3.40. The molecule has 2 aromatic rings. The van der Waals surface area contributed by atoms with E-state index in [2.05, 4.69) is 5.32 Å². The van der Waals surface area contributed by atoms with Crippen molar-refractivity contribution in [2.75, 3.05) is 18.5 Å². The molecule has 4 nitrogen and oxygen atoms in total. The first kappa shape index (κ1) is 18.1. The molecule has 0 heterocycles. The molecular formula is C18H19ClFNO3. The lowest BCUT2D eigenvalue weighted by molar-refractivity contribution is -0.116. The van der Waals surface area contributed by atoms with Gasteiger partial charge < -0.3 is 14.8 Å². The Morgan fingerprint density at radius 3 is 2.54 bits per heavy atom. The second-order valence-electron chi connectivity index (χ2n) is 5.00. The van der Waals surface area contributed by atoms with Crippen LogP contribution in [0.25, 0.3) is 0 Å². The van der Waals surface area contributed by atoms with Gasteiger partial charge in [-0.15, -0.1) is 0 Å². The van der Waals surface area contributed by atoms with E-state index >= 15 is 0 Å². The highest BCUT2D eigenvalue weighted by molar-refractivity contribution is 6.30. The minimum atomic E-state index is -0.558. The zero-order valence-corrected chi connectivity index (χ0v) is 14.1. The van der Waals surface area contributed by atoms with Crippen molar-refractivity contribution >= 4 is 23.2 Å². The monoisotopic (exact) mass is 351 g/mol. The Labute approximate surface area is 145 Å². The van der Waals surface area contributed by atoms with Crippen molar-refractivity contribution in [1.82, 2.24) is 0 Å². The predicted molar refractivity (Wildman–Crippen MR) is 92.4 cm³/mol. The SMILES string of the molecule is CCOc1ccccc1OCCCC(=O)Nc1ccc(Cl)cc1F. The van der Waals surface area contributed by atoms with E-state index in [0.717, 1.165) is 6.07 Å². The van der Waals surface area contributed by atoms with E-state index in [4.69, 9.17) is 21.1 Å². The molecule has 0 aromatic heterocycles. The van der Waals surface area contributed by atoms with Crippen molar-refractivity contribution in [1.29, 1.82) is 0 Å². The second-order valence-corrected chi connectivity index (χ2v) is 5.44. The summed E-state index contributed by atoms with van der Waals surface area (Å²) in [6, 6.07) is 11.5. The van der Waals surface area contributed by atoms with Gasteiger partial charge in [-0.2, -0.15) is 0 Å². The molecule has 2 aromatic carbocycles. The molecular weight excluding hydrogens is 333 g/mol. The Kier molecular flexibility index (Phi) is 6.88. The first-order valence-corrected chi connectivity index (χ1v) is 8.07. The molecule has 0 spiro atoms. The fourth-order valence-electron chi connectivity index (χ4n) is 2.06. The van der Waals surface area contributed by atoms with Crippen LogP contribution < -0.4 is 14.8 Å². The summed E-state index contributed by atoms with van der Waals surface area (Å²) in [6.07, 6.45) is 0.723. The number of para-hydroxylation sites is 2. The van der Waals surface area contributed by atoms with Gasteiger partial charge in [0.2, 0.25) is 5.91 Å². The van der Waals surface area contributed by atoms with Gasteiger partial charge in [0.05, 0.1) is 18.9 Å². The lowest BCUT2D eigenvalue weighted by atomic mass is 10.2. The number of ether oxygens (including phenoxy) is 2. The average molecular weight is 352 g/mol. The summed E-state index contributed by atoms with van der Waals surface area (Å²) in [5.74, 6) is 0.479. The van der Waals surface area contributed by atoms with Gasteiger partial charge in [-0.1, -0.05) is 23.7 Å². The Morgan fingerprint density at radius 2 is 1.88 bits per heavy atom. The average Bonchev–Trinajstić information content (AvgIpc) is 2.56. The van der Waals surface area contributed by atoms with E-state index < -0.39 is 5.82 Å². The highest BCUT2D eigenvalue weighted by Crippen LogP contribution is 2.26. The number of amides is 1.